The van der Waals surface area contributed by atoms with E-state index >= 15 is 0 Å². The lowest BCUT2D eigenvalue weighted by molar-refractivity contribution is 0.0952. The number of hydrazone groups is 1. The Kier molecular flexibility index (Phi) is 6.22. The van der Waals surface area contributed by atoms with E-state index in [1.807, 2.05) is 54.6 Å². The first-order valence-electron chi connectivity index (χ1n) is 8.20. The summed E-state index contributed by atoms with van der Waals surface area (Å²) < 4.78 is 6.42. The quantitative estimate of drug-likeness (QED) is 0.452. The van der Waals surface area contributed by atoms with Crippen LogP contribution in [0, 0.1) is 0 Å². The number of phenolic OH excluding ortho intramolecular Hbond substituents is 1. The first-order chi connectivity index (χ1) is 13.1. The lowest BCUT2D eigenvalue weighted by atomic mass is 10.2. The number of amides is 1. The summed E-state index contributed by atoms with van der Waals surface area (Å²) in [6.07, 6.45) is 1.52. The van der Waals surface area contributed by atoms with Gasteiger partial charge in [-0.05, 0) is 53.6 Å². The summed E-state index contributed by atoms with van der Waals surface area (Å²) in [5.74, 6) is 0.151. The van der Waals surface area contributed by atoms with Crippen LogP contribution < -0.4 is 10.2 Å². The Hall–Kier alpha value is -3.12. The van der Waals surface area contributed by atoms with E-state index in [4.69, 9.17) is 4.74 Å². The van der Waals surface area contributed by atoms with Gasteiger partial charge in [0.1, 0.15) is 18.1 Å². The molecular weight excluding hydrogens is 408 g/mol. The van der Waals surface area contributed by atoms with E-state index in [2.05, 4.69) is 26.5 Å². The third-order valence-electron chi connectivity index (χ3n) is 3.71. The predicted molar refractivity (Wildman–Crippen MR) is 108 cm³/mol. The molecule has 27 heavy (non-hydrogen) atoms. The zero-order valence-electron chi connectivity index (χ0n) is 14.3. The number of hydrogen-bond acceptors (Lipinski definition) is 4. The highest BCUT2D eigenvalue weighted by Gasteiger charge is 2.10. The number of nitrogens with zero attached hydrogens (tertiary/aromatic N) is 1. The summed E-state index contributed by atoms with van der Waals surface area (Å²) in [5, 5.41) is 13.7. The summed E-state index contributed by atoms with van der Waals surface area (Å²) in [6, 6.07) is 21.9. The zero-order valence-corrected chi connectivity index (χ0v) is 15.9. The highest BCUT2D eigenvalue weighted by molar-refractivity contribution is 9.10. The minimum Gasteiger partial charge on any atom is -0.507 e. The summed E-state index contributed by atoms with van der Waals surface area (Å²) >= 11 is 3.26. The van der Waals surface area contributed by atoms with Crippen molar-refractivity contribution >= 4 is 28.1 Å². The molecule has 6 heteroatoms. The minimum absolute atomic E-state index is 0.106. The molecule has 0 aromatic heterocycles. The third-order valence-corrected chi connectivity index (χ3v) is 4.20. The normalized spacial score (nSPS) is 10.7. The molecule has 1 amide bonds. The van der Waals surface area contributed by atoms with Gasteiger partial charge >= 0.3 is 0 Å². The van der Waals surface area contributed by atoms with Crippen LogP contribution in [0.4, 0.5) is 0 Å². The van der Waals surface area contributed by atoms with E-state index in [1.165, 1.54) is 18.3 Å². The standard InChI is InChI=1S/C21H17BrN2O3/c22-17-8-11-20(25)19(12-17)21(26)24-23-13-15-6-9-18(10-7-15)27-14-16-4-2-1-3-5-16/h1-13,25H,14H2,(H,24,26)/b23-13+. The average molecular weight is 425 g/mol. The van der Waals surface area contributed by atoms with Crippen LogP contribution in [-0.4, -0.2) is 17.2 Å². The highest BCUT2D eigenvalue weighted by Crippen LogP contribution is 2.21. The fraction of sp³-hybridized carbons (Fsp3) is 0.0476. The van der Waals surface area contributed by atoms with Crippen molar-refractivity contribution in [3.8, 4) is 11.5 Å². The number of benzene rings is 3. The molecule has 0 saturated carbocycles. The molecule has 2 N–H and O–H groups in total. The van der Waals surface area contributed by atoms with Gasteiger partial charge in [-0.1, -0.05) is 46.3 Å². The molecule has 136 valence electrons. The minimum atomic E-state index is -0.493. The number of ether oxygens (including phenoxy) is 1. The van der Waals surface area contributed by atoms with Gasteiger partial charge < -0.3 is 9.84 Å². The van der Waals surface area contributed by atoms with Crippen molar-refractivity contribution in [2.75, 3.05) is 0 Å². The second-order valence-electron chi connectivity index (χ2n) is 5.70. The van der Waals surface area contributed by atoms with E-state index < -0.39 is 5.91 Å². The summed E-state index contributed by atoms with van der Waals surface area (Å²) in [5.41, 5.74) is 4.44. The van der Waals surface area contributed by atoms with Gasteiger partial charge in [0.25, 0.3) is 5.91 Å². The molecule has 0 saturated heterocycles. The maximum atomic E-state index is 12.1. The molecule has 3 rings (SSSR count). The van der Waals surface area contributed by atoms with Gasteiger partial charge in [0, 0.05) is 4.47 Å². The maximum Gasteiger partial charge on any atom is 0.275 e. The Morgan fingerprint density at radius 3 is 2.56 bits per heavy atom. The van der Waals surface area contributed by atoms with Gasteiger partial charge in [-0.2, -0.15) is 5.10 Å². The largest absolute Gasteiger partial charge is 0.507 e. The molecule has 0 radical (unpaired) electrons. The topological polar surface area (TPSA) is 70.9 Å². The van der Waals surface area contributed by atoms with Crippen LogP contribution in [0.1, 0.15) is 21.5 Å². The summed E-state index contributed by atoms with van der Waals surface area (Å²) in [7, 11) is 0. The highest BCUT2D eigenvalue weighted by atomic mass is 79.9. The third kappa shape index (κ3) is 5.43. The van der Waals surface area contributed by atoms with Crippen LogP contribution in [0.5, 0.6) is 11.5 Å². The summed E-state index contributed by atoms with van der Waals surface area (Å²) in [6.45, 7) is 0.500. The molecule has 0 aliphatic carbocycles. The van der Waals surface area contributed by atoms with Crippen molar-refractivity contribution in [3.05, 3.63) is 94.0 Å². The first kappa shape index (κ1) is 18.7. The van der Waals surface area contributed by atoms with Gasteiger partial charge in [-0.15, -0.1) is 0 Å². The van der Waals surface area contributed by atoms with Crippen LogP contribution >= 0.6 is 15.9 Å². The maximum absolute atomic E-state index is 12.1. The van der Waals surface area contributed by atoms with Gasteiger partial charge in [-0.3, -0.25) is 4.79 Å². The summed E-state index contributed by atoms with van der Waals surface area (Å²) in [4.78, 5) is 12.1. The molecule has 0 spiro atoms. The fourth-order valence-corrected chi connectivity index (χ4v) is 2.67. The SMILES string of the molecule is O=C(N/N=C/c1ccc(OCc2ccccc2)cc1)c1cc(Br)ccc1O. The number of halogens is 1. The van der Waals surface area contributed by atoms with Crippen molar-refractivity contribution in [2.45, 2.75) is 6.61 Å². The Labute approximate surface area is 165 Å². The van der Waals surface area contributed by atoms with Crippen LogP contribution in [0.15, 0.2) is 82.4 Å². The van der Waals surface area contributed by atoms with Gasteiger partial charge in [-0.25, -0.2) is 5.43 Å². The molecule has 0 bridgehead atoms. The smallest absolute Gasteiger partial charge is 0.275 e. The molecule has 0 heterocycles. The van der Waals surface area contributed by atoms with Crippen molar-refractivity contribution in [1.29, 1.82) is 0 Å². The lowest BCUT2D eigenvalue weighted by Crippen LogP contribution is -2.17. The number of aromatic hydroxyl groups is 1. The van der Waals surface area contributed by atoms with Crippen LogP contribution in [0.25, 0.3) is 0 Å². The number of hydrogen-bond donors (Lipinski definition) is 2. The number of phenols is 1. The van der Waals surface area contributed by atoms with E-state index in [1.54, 1.807) is 6.07 Å². The van der Waals surface area contributed by atoms with Crippen LogP contribution in [-0.2, 0) is 6.61 Å². The molecule has 5 nitrogen and oxygen atoms in total. The van der Waals surface area contributed by atoms with E-state index in [-0.39, 0.29) is 11.3 Å². The lowest BCUT2D eigenvalue weighted by Gasteiger charge is -2.06. The van der Waals surface area contributed by atoms with Crippen molar-refractivity contribution < 1.29 is 14.6 Å². The fourth-order valence-electron chi connectivity index (χ4n) is 2.31. The van der Waals surface area contributed by atoms with E-state index in [9.17, 15) is 9.90 Å². The van der Waals surface area contributed by atoms with Gasteiger partial charge in [0.2, 0.25) is 0 Å². The van der Waals surface area contributed by atoms with E-state index in [0.717, 1.165) is 16.9 Å². The second kappa shape index (κ2) is 9.00. The Bertz CT molecular complexity index is 941. The van der Waals surface area contributed by atoms with E-state index in [0.29, 0.717) is 11.1 Å². The molecule has 0 fully saturated rings. The monoisotopic (exact) mass is 424 g/mol. The Balaban J connectivity index is 1.54. The van der Waals surface area contributed by atoms with Crippen molar-refractivity contribution in [1.82, 2.24) is 5.43 Å². The number of rotatable bonds is 6. The average Bonchev–Trinajstić information content (AvgIpc) is 2.70. The second-order valence-corrected chi connectivity index (χ2v) is 6.62. The van der Waals surface area contributed by atoms with Gasteiger partial charge in [0.05, 0.1) is 11.8 Å². The number of carbonyl (C=O) groups excluding carboxylic acids is 1. The molecule has 0 aliphatic rings. The molecule has 0 atom stereocenters. The van der Waals surface area contributed by atoms with Crippen LogP contribution in [0.2, 0.25) is 0 Å². The van der Waals surface area contributed by atoms with Gasteiger partial charge in [0.15, 0.2) is 0 Å². The zero-order chi connectivity index (χ0) is 19.1. The van der Waals surface area contributed by atoms with Crippen molar-refractivity contribution in [2.24, 2.45) is 5.10 Å². The Morgan fingerprint density at radius 2 is 1.81 bits per heavy atom. The predicted octanol–water partition coefficient (Wildman–Crippen LogP) is 4.50. The first-order valence-corrected chi connectivity index (χ1v) is 9.00. The van der Waals surface area contributed by atoms with Crippen LogP contribution in [0.3, 0.4) is 0 Å². The Morgan fingerprint density at radius 1 is 1.07 bits per heavy atom. The number of carbonyl (C=O) groups is 1. The molecular formula is C21H17BrN2O3. The molecule has 3 aromatic carbocycles. The van der Waals surface area contributed by atoms with Crippen molar-refractivity contribution in [3.63, 3.8) is 0 Å². The number of nitrogens with one attached hydrogen (secondary N) is 1. The molecule has 0 aliphatic heterocycles. The molecule has 0 unspecified atom stereocenters. The molecule has 3 aromatic rings.